The Morgan fingerprint density at radius 2 is 2.00 bits per heavy atom. The number of ether oxygens (including phenoxy) is 1. The number of rotatable bonds is 2. The fraction of sp³-hybridized carbons (Fsp3) is 0.357. The van der Waals surface area contributed by atoms with Crippen molar-refractivity contribution in [2.45, 2.75) is 27.4 Å². The van der Waals surface area contributed by atoms with Crippen molar-refractivity contribution in [3.8, 4) is 0 Å². The minimum Gasteiger partial charge on any atom is -0.465 e. The van der Waals surface area contributed by atoms with Crippen LogP contribution in [-0.2, 0) is 11.3 Å². The van der Waals surface area contributed by atoms with Gasteiger partial charge in [0.05, 0.1) is 12.7 Å². The zero-order valence-corrected chi connectivity index (χ0v) is 11.1. The Kier molecular flexibility index (Phi) is 4.92. The van der Waals surface area contributed by atoms with E-state index >= 15 is 0 Å². The van der Waals surface area contributed by atoms with Crippen LogP contribution < -0.4 is 0 Å². The second-order valence-electron chi connectivity index (χ2n) is 3.57. The molecule has 0 aliphatic heterocycles. The van der Waals surface area contributed by atoms with Gasteiger partial charge in [0.25, 0.3) is 0 Å². The lowest BCUT2D eigenvalue weighted by atomic mass is 10.1. The summed E-state index contributed by atoms with van der Waals surface area (Å²) in [5.41, 5.74) is 2.02. The van der Waals surface area contributed by atoms with Crippen LogP contribution in [0.15, 0.2) is 22.6 Å². The third-order valence-corrected chi connectivity index (χ3v) is 2.43. The molecule has 1 N–H and O–H groups in total. The Balaban J connectivity index is 0.000000771. The quantitative estimate of drug-likeness (QED) is 0.832. The van der Waals surface area contributed by atoms with Crippen LogP contribution in [0.25, 0.3) is 11.0 Å². The largest absolute Gasteiger partial charge is 0.465 e. The van der Waals surface area contributed by atoms with E-state index in [1.807, 2.05) is 20.8 Å². The summed E-state index contributed by atoms with van der Waals surface area (Å²) in [7, 11) is 1.34. The van der Waals surface area contributed by atoms with Crippen molar-refractivity contribution in [1.82, 2.24) is 0 Å². The summed E-state index contributed by atoms with van der Waals surface area (Å²) < 4.78 is 10.1. The number of aliphatic hydroxyl groups excluding tert-OH is 1. The number of carbonyl (C=O) groups excluding carboxylic acids is 1. The smallest absolute Gasteiger partial charge is 0.337 e. The molecule has 4 nitrogen and oxygen atoms in total. The highest BCUT2D eigenvalue weighted by molar-refractivity contribution is 5.95. The third kappa shape index (κ3) is 2.71. The number of esters is 1. The van der Waals surface area contributed by atoms with Gasteiger partial charge >= 0.3 is 5.97 Å². The monoisotopic (exact) mass is 250 g/mol. The van der Waals surface area contributed by atoms with Crippen LogP contribution in [0.3, 0.4) is 0 Å². The first-order valence-electron chi connectivity index (χ1n) is 5.88. The van der Waals surface area contributed by atoms with Crippen LogP contribution in [0, 0.1) is 6.92 Å². The predicted molar refractivity (Wildman–Crippen MR) is 69.6 cm³/mol. The van der Waals surface area contributed by atoms with E-state index in [0.29, 0.717) is 16.9 Å². The second-order valence-corrected chi connectivity index (χ2v) is 3.57. The lowest BCUT2D eigenvalue weighted by Gasteiger charge is -2.01. The number of hydrogen-bond acceptors (Lipinski definition) is 4. The molecule has 0 bridgehead atoms. The van der Waals surface area contributed by atoms with Crippen molar-refractivity contribution >= 4 is 16.9 Å². The molecular weight excluding hydrogens is 232 g/mol. The van der Waals surface area contributed by atoms with Crippen LogP contribution in [0.4, 0.5) is 0 Å². The molecule has 0 spiro atoms. The van der Waals surface area contributed by atoms with Gasteiger partial charge in [-0.05, 0) is 30.7 Å². The summed E-state index contributed by atoms with van der Waals surface area (Å²) in [4.78, 5) is 11.4. The summed E-state index contributed by atoms with van der Waals surface area (Å²) in [5.74, 6) is 0.108. The molecule has 0 aliphatic carbocycles. The fourth-order valence-electron chi connectivity index (χ4n) is 1.70. The number of benzene rings is 1. The average molecular weight is 250 g/mol. The van der Waals surface area contributed by atoms with Gasteiger partial charge in [0, 0.05) is 5.39 Å². The molecule has 2 aromatic rings. The maximum absolute atomic E-state index is 11.4. The minimum atomic E-state index is -0.378. The first-order valence-corrected chi connectivity index (χ1v) is 5.88. The van der Waals surface area contributed by atoms with Crippen LogP contribution in [-0.4, -0.2) is 18.2 Å². The molecule has 1 aromatic carbocycles. The molecule has 0 fully saturated rings. The predicted octanol–water partition coefficient (Wildman–Crippen LogP) is 3.05. The molecule has 0 radical (unpaired) electrons. The van der Waals surface area contributed by atoms with Gasteiger partial charge in [0.2, 0.25) is 0 Å². The highest BCUT2D eigenvalue weighted by atomic mass is 16.5. The lowest BCUT2D eigenvalue weighted by molar-refractivity contribution is 0.0601. The van der Waals surface area contributed by atoms with Crippen molar-refractivity contribution in [1.29, 1.82) is 0 Å². The van der Waals surface area contributed by atoms with Gasteiger partial charge < -0.3 is 14.3 Å². The first kappa shape index (κ1) is 14.3. The number of hydrogen-bond donors (Lipinski definition) is 1. The summed E-state index contributed by atoms with van der Waals surface area (Å²) in [5, 5.41) is 9.76. The SMILES string of the molecule is CC.COC(=O)c1cc(C)c2oc(CO)cc2c1. The van der Waals surface area contributed by atoms with Crippen molar-refractivity contribution in [2.24, 2.45) is 0 Å². The van der Waals surface area contributed by atoms with E-state index in [9.17, 15) is 4.79 Å². The van der Waals surface area contributed by atoms with Crippen molar-refractivity contribution in [2.75, 3.05) is 7.11 Å². The highest BCUT2D eigenvalue weighted by Gasteiger charge is 2.11. The molecule has 2 rings (SSSR count). The van der Waals surface area contributed by atoms with E-state index in [-0.39, 0.29) is 12.6 Å². The molecular formula is C14H18O4. The van der Waals surface area contributed by atoms with Crippen LogP contribution in [0.5, 0.6) is 0 Å². The van der Waals surface area contributed by atoms with E-state index in [1.165, 1.54) is 7.11 Å². The summed E-state index contributed by atoms with van der Waals surface area (Å²) in [6.45, 7) is 5.70. The van der Waals surface area contributed by atoms with Gasteiger partial charge in [-0.3, -0.25) is 0 Å². The number of furan rings is 1. The highest BCUT2D eigenvalue weighted by Crippen LogP contribution is 2.25. The van der Waals surface area contributed by atoms with Crippen LogP contribution >= 0.6 is 0 Å². The van der Waals surface area contributed by atoms with Crippen LogP contribution in [0.2, 0.25) is 0 Å². The summed E-state index contributed by atoms with van der Waals surface area (Å²) in [6.07, 6.45) is 0. The molecule has 18 heavy (non-hydrogen) atoms. The van der Waals surface area contributed by atoms with E-state index in [4.69, 9.17) is 9.52 Å². The van der Waals surface area contributed by atoms with Crippen LogP contribution in [0.1, 0.15) is 35.5 Å². The average Bonchev–Trinajstić information content (AvgIpc) is 2.83. The molecule has 0 unspecified atom stereocenters. The van der Waals surface area contributed by atoms with Crippen molar-refractivity contribution < 1.29 is 19.1 Å². The maximum atomic E-state index is 11.4. The minimum absolute atomic E-state index is 0.151. The molecule has 0 saturated heterocycles. The van der Waals surface area contributed by atoms with E-state index in [0.717, 1.165) is 10.9 Å². The zero-order valence-electron chi connectivity index (χ0n) is 11.1. The zero-order chi connectivity index (χ0) is 13.7. The molecule has 4 heteroatoms. The molecule has 1 heterocycles. The Morgan fingerprint density at radius 1 is 1.33 bits per heavy atom. The molecule has 98 valence electrons. The van der Waals surface area contributed by atoms with Gasteiger partial charge in [0.1, 0.15) is 18.0 Å². The number of aliphatic hydroxyl groups is 1. The number of methoxy groups -OCH3 is 1. The Hall–Kier alpha value is -1.81. The van der Waals surface area contributed by atoms with Crippen molar-refractivity contribution in [3.05, 3.63) is 35.1 Å². The maximum Gasteiger partial charge on any atom is 0.337 e. The first-order chi connectivity index (χ1) is 8.65. The Morgan fingerprint density at radius 3 is 2.56 bits per heavy atom. The summed E-state index contributed by atoms with van der Waals surface area (Å²) in [6, 6.07) is 5.12. The van der Waals surface area contributed by atoms with E-state index in [2.05, 4.69) is 4.74 Å². The lowest BCUT2D eigenvalue weighted by Crippen LogP contribution is -2.01. The normalized spacial score (nSPS) is 9.83. The van der Waals surface area contributed by atoms with E-state index in [1.54, 1.807) is 18.2 Å². The fourth-order valence-corrected chi connectivity index (χ4v) is 1.70. The number of fused-ring (bicyclic) bond motifs is 1. The number of carbonyl (C=O) groups is 1. The summed E-state index contributed by atoms with van der Waals surface area (Å²) >= 11 is 0. The second kappa shape index (κ2) is 6.21. The number of aryl methyl sites for hydroxylation is 1. The van der Waals surface area contributed by atoms with Gasteiger partial charge in [-0.2, -0.15) is 0 Å². The Bertz CT molecular complexity index is 540. The molecule has 1 aromatic heterocycles. The van der Waals surface area contributed by atoms with Gasteiger partial charge in [-0.1, -0.05) is 13.8 Å². The van der Waals surface area contributed by atoms with Gasteiger partial charge in [-0.15, -0.1) is 0 Å². The molecule has 0 saturated carbocycles. The standard InChI is InChI=1S/C12H12O4.C2H6/c1-7-3-9(12(14)15-2)4-8-5-10(6-13)16-11(7)8;1-2/h3-5,13H,6H2,1-2H3;1-2H3. The van der Waals surface area contributed by atoms with Gasteiger partial charge in [0.15, 0.2) is 0 Å². The molecule has 0 aliphatic rings. The third-order valence-electron chi connectivity index (χ3n) is 2.43. The van der Waals surface area contributed by atoms with Crippen molar-refractivity contribution in [3.63, 3.8) is 0 Å². The molecule has 0 amide bonds. The molecule has 0 atom stereocenters. The Labute approximate surface area is 106 Å². The van der Waals surface area contributed by atoms with E-state index < -0.39 is 0 Å². The topological polar surface area (TPSA) is 59.7 Å². The van der Waals surface area contributed by atoms with Gasteiger partial charge in [-0.25, -0.2) is 4.79 Å².